The fourth-order valence-electron chi connectivity index (χ4n) is 2.40. The van der Waals surface area contributed by atoms with Crippen molar-refractivity contribution in [2.75, 3.05) is 11.9 Å². The smallest absolute Gasteiger partial charge is 0.160 e. The number of alkyl halides is 1. The molecule has 0 aliphatic carbocycles. The molecule has 1 heterocycles. The molecule has 96 valence electrons. The second kappa shape index (κ2) is 6.97. The number of rotatable bonds is 5. The SMILES string of the molecule is CCC1O[C@H](OCCCBr)C(C)[C@@H](C)[C@@H]1C. The second-order valence-corrected chi connectivity index (χ2v) is 5.73. The predicted molar refractivity (Wildman–Crippen MR) is 70.8 cm³/mol. The highest BCUT2D eigenvalue weighted by molar-refractivity contribution is 9.09. The molecule has 1 aliphatic rings. The Labute approximate surface area is 108 Å². The minimum atomic E-state index is -0.00444. The summed E-state index contributed by atoms with van der Waals surface area (Å²) in [5.41, 5.74) is 0. The van der Waals surface area contributed by atoms with Crippen LogP contribution >= 0.6 is 15.9 Å². The molecule has 1 saturated heterocycles. The van der Waals surface area contributed by atoms with E-state index in [1.54, 1.807) is 0 Å². The van der Waals surface area contributed by atoms with Gasteiger partial charge in [0.05, 0.1) is 12.7 Å². The summed E-state index contributed by atoms with van der Waals surface area (Å²) in [6, 6.07) is 0. The van der Waals surface area contributed by atoms with Crippen molar-refractivity contribution in [2.45, 2.75) is 52.9 Å². The largest absolute Gasteiger partial charge is 0.352 e. The number of ether oxygens (including phenoxy) is 2. The fourth-order valence-corrected chi connectivity index (χ4v) is 2.63. The van der Waals surface area contributed by atoms with Gasteiger partial charge in [-0.05, 0) is 24.7 Å². The number of hydrogen-bond acceptors (Lipinski definition) is 2. The highest BCUT2D eigenvalue weighted by atomic mass is 79.9. The van der Waals surface area contributed by atoms with Gasteiger partial charge < -0.3 is 9.47 Å². The molecule has 0 spiro atoms. The molecule has 5 atom stereocenters. The molecule has 1 rings (SSSR count). The van der Waals surface area contributed by atoms with Crippen LogP contribution < -0.4 is 0 Å². The third-order valence-electron chi connectivity index (χ3n) is 3.95. The maximum atomic E-state index is 6.04. The van der Waals surface area contributed by atoms with Crippen LogP contribution in [0.5, 0.6) is 0 Å². The summed E-state index contributed by atoms with van der Waals surface area (Å²) in [6.45, 7) is 9.84. The van der Waals surface area contributed by atoms with Crippen molar-refractivity contribution >= 4 is 15.9 Å². The summed E-state index contributed by atoms with van der Waals surface area (Å²) >= 11 is 3.42. The first-order chi connectivity index (χ1) is 7.61. The van der Waals surface area contributed by atoms with E-state index in [-0.39, 0.29) is 6.29 Å². The molecule has 0 aromatic carbocycles. The van der Waals surface area contributed by atoms with E-state index < -0.39 is 0 Å². The van der Waals surface area contributed by atoms with Gasteiger partial charge in [0, 0.05) is 11.2 Å². The maximum absolute atomic E-state index is 6.04. The number of hydrogen-bond donors (Lipinski definition) is 0. The molecule has 2 unspecified atom stereocenters. The van der Waals surface area contributed by atoms with Crippen LogP contribution in [0.3, 0.4) is 0 Å². The van der Waals surface area contributed by atoms with Crippen molar-refractivity contribution in [3.63, 3.8) is 0 Å². The van der Waals surface area contributed by atoms with E-state index in [1.165, 1.54) is 0 Å². The van der Waals surface area contributed by atoms with Gasteiger partial charge >= 0.3 is 0 Å². The Morgan fingerprint density at radius 1 is 1.12 bits per heavy atom. The average Bonchev–Trinajstić information content (AvgIpc) is 2.29. The van der Waals surface area contributed by atoms with Gasteiger partial charge in [0.2, 0.25) is 0 Å². The monoisotopic (exact) mass is 292 g/mol. The zero-order valence-electron chi connectivity index (χ0n) is 10.9. The summed E-state index contributed by atoms with van der Waals surface area (Å²) < 4.78 is 11.9. The molecule has 16 heavy (non-hydrogen) atoms. The minimum absolute atomic E-state index is 0.00444. The fraction of sp³-hybridized carbons (Fsp3) is 1.00. The van der Waals surface area contributed by atoms with Crippen LogP contribution in [0.2, 0.25) is 0 Å². The molecule has 3 heteroatoms. The van der Waals surface area contributed by atoms with Gasteiger partial charge in [-0.1, -0.05) is 43.6 Å². The van der Waals surface area contributed by atoms with Crippen molar-refractivity contribution < 1.29 is 9.47 Å². The normalized spacial score (nSPS) is 39.9. The molecule has 0 N–H and O–H groups in total. The van der Waals surface area contributed by atoms with Gasteiger partial charge in [-0.25, -0.2) is 0 Å². The van der Waals surface area contributed by atoms with E-state index in [2.05, 4.69) is 43.6 Å². The van der Waals surface area contributed by atoms with Crippen molar-refractivity contribution in [1.82, 2.24) is 0 Å². The van der Waals surface area contributed by atoms with Crippen molar-refractivity contribution in [2.24, 2.45) is 17.8 Å². The third-order valence-corrected chi connectivity index (χ3v) is 4.51. The Bertz CT molecular complexity index is 196. The Morgan fingerprint density at radius 2 is 1.81 bits per heavy atom. The van der Waals surface area contributed by atoms with E-state index in [1.807, 2.05) is 0 Å². The lowest BCUT2D eigenvalue weighted by Gasteiger charge is -2.43. The van der Waals surface area contributed by atoms with Gasteiger partial charge in [-0.2, -0.15) is 0 Å². The quantitative estimate of drug-likeness (QED) is 0.566. The first kappa shape index (κ1) is 14.5. The van der Waals surface area contributed by atoms with Crippen molar-refractivity contribution in [1.29, 1.82) is 0 Å². The van der Waals surface area contributed by atoms with Crippen LogP contribution in [0.1, 0.15) is 40.5 Å². The van der Waals surface area contributed by atoms with E-state index in [0.717, 1.165) is 24.8 Å². The third kappa shape index (κ3) is 3.44. The second-order valence-electron chi connectivity index (χ2n) is 4.94. The van der Waals surface area contributed by atoms with Crippen LogP contribution in [-0.2, 0) is 9.47 Å². The molecule has 0 aromatic heterocycles. The van der Waals surface area contributed by atoms with Crippen LogP contribution in [0.15, 0.2) is 0 Å². The molecule has 0 radical (unpaired) electrons. The summed E-state index contributed by atoms with van der Waals surface area (Å²) in [5, 5.41) is 0.997. The molecular formula is C13H25BrO2. The van der Waals surface area contributed by atoms with Crippen molar-refractivity contribution in [3.8, 4) is 0 Å². The Kier molecular flexibility index (Phi) is 6.30. The van der Waals surface area contributed by atoms with Gasteiger partial charge in [0.1, 0.15) is 0 Å². The Morgan fingerprint density at radius 3 is 2.38 bits per heavy atom. The van der Waals surface area contributed by atoms with Crippen molar-refractivity contribution in [3.05, 3.63) is 0 Å². The summed E-state index contributed by atoms with van der Waals surface area (Å²) in [5.74, 6) is 1.80. The standard InChI is InChI=1S/C13H25BrO2/c1-5-12-10(3)9(2)11(4)13(16-12)15-8-6-7-14/h9-13H,5-8H2,1-4H3/t9-,10-,11?,12?,13-/m0/s1. The zero-order chi connectivity index (χ0) is 12.1. The molecule has 1 fully saturated rings. The number of halogens is 1. The molecule has 0 saturated carbocycles. The van der Waals surface area contributed by atoms with Crippen LogP contribution in [0, 0.1) is 17.8 Å². The first-order valence-electron chi connectivity index (χ1n) is 6.44. The first-order valence-corrected chi connectivity index (χ1v) is 7.57. The molecule has 0 amide bonds. The van der Waals surface area contributed by atoms with Crippen LogP contribution in [-0.4, -0.2) is 24.3 Å². The highest BCUT2D eigenvalue weighted by Crippen LogP contribution is 2.36. The highest BCUT2D eigenvalue weighted by Gasteiger charge is 2.38. The van der Waals surface area contributed by atoms with Gasteiger partial charge in [-0.3, -0.25) is 0 Å². The predicted octanol–water partition coefficient (Wildman–Crippen LogP) is 3.83. The van der Waals surface area contributed by atoms with Gasteiger partial charge in [0.15, 0.2) is 6.29 Å². The maximum Gasteiger partial charge on any atom is 0.160 e. The molecule has 0 aromatic rings. The van der Waals surface area contributed by atoms with E-state index in [9.17, 15) is 0 Å². The topological polar surface area (TPSA) is 18.5 Å². The van der Waals surface area contributed by atoms with Crippen LogP contribution in [0.25, 0.3) is 0 Å². The molecule has 2 nitrogen and oxygen atoms in total. The van der Waals surface area contributed by atoms with E-state index in [0.29, 0.717) is 23.9 Å². The van der Waals surface area contributed by atoms with E-state index >= 15 is 0 Å². The summed E-state index contributed by atoms with van der Waals surface area (Å²) in [4.78, 5) is 0. The molecular weight excluding hydrogens is 268 g/mol. The lowest BCUT2D eigenvalue weighted by molar-refractivity contribution is -0.247. The van der Waals surface area contributed by atoms with Gasteiger partial charge in [-0.15, -0.1) is 0 Å². The zero-order valence-corrected chi connectivity index (χ0v) is 12.5. The Balaban J connectivity index is 2.50. The molecule has 1 aliphatic heterocycles. The lowest BCUT2D eigenvalue weighted by atomic mass is 9.78. The van der Waals surface area contributed by atoms with Gasteiger partial charge in [0.25, 0.3) is 0 Å². The summed E-state index contributed by atoms with van der Waals surface area (Å²) in [7, 11) is 0. The molecule has 0 bridgehead atoms. The summed E-state index contributed by atoms with van der Waals surface area (Å²) in [6.07, 6.45) is 2.49. The average molecular weight is 293 g/mol. The lowest BCUT2D eigenvalue weighted by Crippen LogP contribution is -2.45. The van der Waals surface area contributed by atoms with Crippen LogP contribution in [0.4, 0.5) is 0 Å². The minimum Gasteiger partial charge on any atom is -0.352 e. The Hall–Kier alpha value is 0.400. The van der Waals surface area contributed by atoms with E-state index in [4.69, 9.17) is 9.47 Å².